The summed E-state index contributed by atoms with van der Waals surface area (Å²) in [6.07, 6.45) is 1.88. The fraction of sp³-hybridized carbons (Fsp3) is 0.190. The van der Waals surface area contributed by atoms with Gasteiger partial charge >= 0.3 is 0 Å². The van der Waals surface area contributed by atoms with Gasteiger partial charge in [0, 0.05) is 24.8 Å². The number of benzene rings is 2. The van der Waals surface area contributed by atoms with E-state index in [1.807, 2.05) is 43.3 Å². The number of aromatic nitrogens is 2. The zero-order valence-corrected chi connectivity index (χ0v) is 15.1. The number of carbonyl (C=O) groups excluding carboxylic acids is 1. The van der Waals surface area contributed by atoms with E-state index in [1.54, 1.807) is 23.1 Å². The minimum Gasteiger partial charge on any atom is -0.370 e. The van der Waals surface area contributed by atoms with Gasteiger partial charge in [0.15, 0.2) is 0 Å². The summed E-state index contributed by atoms with van der Waals surface area (Å²) in [5.41, 5.74) is 1.76. The quantitative estimate of drug-likeness (QED) is 0.690. The summed E-state index contributed by atoms with van der Waals surface area (Å²) >= 11 is 0. The summed E-state index contributed by atoms with van der Waals surface area (Å²) in [5.74, 6) is 0.122. The molecule has 0 atom stereocenters. The molecule has 3 aromatic rings. The van der Waals surface area contributed by atoms with Gasteiger partial charge in [0.05, 0.1) is 0 Å². The van der Waals surface area contributed by atoms with Gasteiger partial charge in [-0.1, -0.05) is 36.4 Å². The molecule has 3 rings (SSSR count). The third-order valence-corrected chi connectivity index (χ3v) is 4.17. The van der Waals surface area contributed by atoms with Crippen LogP contribution < -0.4 is 10.2 Å². The molecule has 138 valence electrons. The van der Waals surface area contributed by atoms with Crippen molar-refractivity contribution in [1.82, 2.24) is 9.97 Å². The maximum atomic E-state index is 13.7. The SMILES string of the molecule is CCN(C(=O)c1cc(NCCc2ccccc2F)ncn1)c1ccccc1. The molecule has 0 saturated heterocycles. The number of rotatable bonds is 7. The predicted octanol–water partition coefficient (Wildman–Crippen LogP) is 3.94. The number of nitrogens with zero attached hydrogens (tertiary/aromatic N) is 3. The number of halogens is 1. The van der Waals surface area contributed by atoms with E-state index < -0.39 is 0 Å². The second-order valence-electron chi connectivity index (χ2n) is 5.94. The minimum atomic E-state index is -0.223. The highest BCUT2D eigenvalue weighted by atomic mass is 19.1. The normalized spacial score (nSPS) is 10.4. The minimum absolute atomic E-state index is 0.191. The summed E-state index contributed by atoms with van der Waals surface area (Å²) in [4.78, 5) is 22.7. The third kappa shape index (κ3) is 4.67. The second-order valence-corrected chi connectivity index (χ2v) is 5.94. The van der Waals surface area contributed by atoms with Gasteiger partial charge in [-0.3, -0.25) is 4.79 Å². The zero-order chi connectivity index (χ0) is 19.1. The lowest BCUT2D eigenvalue weighted by Gasteiger charge is -2.20. The van der Waals surface area contributed by atoms with Gasteiger partial charge < -0.3 is 10.2 Å². The number of amides is 1. The van der Waals surface area contributed by atoms with Crippen LogP contribution in [-0.2, 0) is 6.42 Å². The molecule has 1 aromatic heterocycles. The summed E-state index contributed by atoms with van der Waals surface area (Å²) in [7, 11) is 0. The molecule has 1 amide bonds. The van der Waals surface area contributed by atoms with Crippen LogP contribution in [0, 0.1) is 5.82 Å². The summed E-state index contributed by atoms with van der Waals surface area (Å²) in [6.45, 7) is 2.95. The molecule has 1 N–H and O–H groups in total. The van der Waals surface area contributed by atoms with E-state index in [0.717, 1.165) is 5.69 Å². The Bertz CT molecular complexity index is 901. The molecule has 0 fully saturated rings. The molecule has 5 nitrogen and oxygen atoms in total. The Morgan fingerprint density at radius 3 is 2.56 bits per heavy atom. The summed E-state index contributed by atoms with van der Waals surface area (Å²) < 4.78 is 13.7. The van der Waals surface area contributed by atoms with E-state index in [2.05, 4.69) is 15.3 Å². The van der Waals surface area contributed by atoms with E-state index in [0.29, 0.717) is 36.6 Å². The molecule has 0 saturated carbocycles. The van der Waals surface area contributed by atoms with Gasteiger partial charge in [-0.25, -0.2) is 14.4 Å². The lowest BCUT2D eigenvalue weighted by Crippen LogP contribution is -2.31. The van der Waals surface area contributed by atoms with Crippen molar-refractivity contribution in [3.63, 3.8) is 0 Å². The van der Waals surface area contributed by atoms with Crippen molar-refractivity contribution >= 4 is 17.4 Å². The molecular formula is C21H21FN4O. The van der Waals surface area contributed by atoms with Crippen molar-refractivity contribution in [2.24, 2.45) is 0 Å². The second kappa shape index (κ2) is 8.89. The van der Waals surface area contributed by atoms with Gasteiger partial charge in [0.2, 0.25) is 0 Å². The Labute approximate surface area is 157 Å². The Kier molecular flexibility index (Phi) is 6.10. The molecule has 6 heteroatoms. The highest BCUT2D eigenvalue weighted by Crippen LogP contribution is 2.16. The molecule has 2 aromatic carbocycles. The predicted molar refractivity (Wildman–Crippen MR) is 104 cm³/mol. The topological polar surface area (TPSA) is 58.1 Å². The highest BCUT2D eigenvalue weighted by molar-refractivity contribution is 6.05. The van der Waals surface area contributed by atoms with Crippen molar-refractivity contribution < 1.29 is 9.18 Å². The van der Waals surface area contributed by atoms with Crippen molar-refractivity contribution in [3.05, 3.63) is 84.1 Å². The van der Waals surface area contributed by atoms with E-state index in [1.165, 1.54) is 12.4 Å². The molecule has 0 aliphatic carbocycles. The molecular weight excluding hydrogens is 343 g/mol. The van der Waals surface area contributed by atoms with Crippen LogP contribution in [0.1, 0.15) is 23.0 Å². The zero-order valence-electron chi connectivity index (χ0n) is 15.1. The smallest absolute Gasteiger partial charge is 0.277 e. The Hall–Kier alpha value is -3.28. The first kappa shape index (κ1) is 18.5. The van der Waals surface area contributed by atoms with Crippen molar-refractivity contribution in [2.45, 2.75) is 13.3 Å². The summed E-state index contributed by atoms with van der Waals surface area (Å²) in [6, 6.07) is 17.8. The van der Waals surface area contributed by atoms with E-state index >= 15 is 0 Å². The largest absolute Gasteiger partial charge is 0.370 e. The average Bonchev–Trinajstić information content (AvgIpc) is 2.71. The molecule has 0 bridgehead atoms. The first-order valence-electron chi connectivity index (χ1n) is 8.85. The number of hydrogen-bond acceptors (Lipinski definition) is 4. The van der Waals surface area contributed by atoms with Crippen LogP contribution in [0.3, 0.4) is 0 Å². The third-order valence-electron chi connectivity index (χ3n) is 4.17. The summed E-state index contributed by atoms with van der Waals surface area (Å²) in [5, 5.41) is 3.12. The monoisotopic (exact) mass is 364 g/mol. The van der Waals surface area contributed by atoms with Gasteiger partial charge in [0.1, 0.15) is 23.7 Å². The van der Waals surface area contributed by atoms with E-state index in [4.69, 9.17) is 0 Å². The van der Waals surface area contributed by atoms with Gasteiger partial charge in [0.25, 0.3) is 5.91 Å². The van der Waals surface area contributed by atoms with Crippen LogP contribution in [0.15, 0.2) is 67.0 Å². The number of anilines is 2. The van der Waals surface area contributed by atoms with Crippen molar-refractivity contribution in [3.8, 4) is 0 Å². The highest BCUT2D eigenvalue weighted by Gasteiger charge is 2.17. The molecule has 0 unspecified atom stereocenters. The molecule has 0 radical (unpaired) electrons. The average molecular weight is 364 g/mol. The number of nitrogens with one attached hydrogen (secondary N) is 1. The molecule has 27 heavy (non-hydrogen) atoms. The van der Waals surface area contributed by atoms with Gasteiger partial charge in [-0.15, -0.1) is 0 Å². The van der Waals surface area contributed by atoms with Crippen LogP contribution >= 0.6 is 0 Å². The van der Waals surface area contributed by atoms with Crippen molar-refractivity contribution in [2.75, 3.05) is 23.3 Å². The maximum absolute atomic E-state index is 13.7. The van der Waals surface area contributed by atoms with Crippen LogP contribution in [0.4, 0.5) is 15.9 Å². The number of hydrogen-bond donors (Lipinski definition) is 1. The maximum Gasteiger partial charge on any atom is 0.277 e. The number of carbonyl (C=O) groups is 1. The lowest BCUT2D eigenvalue weighted by atomic mass is 10.1. The lowest BCUT2D eigenvalue weighted by molar-refractivity contribution is 0.0983. The fourth-order valence-electron chi connectivity index (χ4n) is 2.79. The Morgan fingerprint density at radius 2 is 1.81 bits per heavy atom. The van der Waals surface area contributed by atoms with Crippen LogP contribution in [0.5, 0.6) is 0 Å². The van der Waals surface area contributed by atoms with Crippen LogP contribution in [0.2, 0.25) is 0 Å². The van der Waals surface area contributed by atoms with E-state index in [9.17, 15) is 9.18 Å². The fourth-order valence-corrected chi connectivity index (χ4v) is 2.79. The van der Waals surface area contributed by atoms with Crippen molar-refractivity contribution in [1.29, 1.82) is 0 Å². The van der Waals surface area contributed by atoms with Crippen LogP contribution in [0.25, 0.3) is 0 Å². The van der Waals surface area contributed by atoms with Crippen LogP contribution in [-0.4, -0.2) is 29.0 Å². The van der Waals surface area contributed by atoms with Gasteiger partial charge in [-0.2, -0.15) is 0 Å². The molecule has 0 aliphatic rings. The Morgan fingerprint density at radius 1 is 1.07 bits per heavy atom. The molecule has 0 spiro atoms. The standard InChI is InChI=1S/C21H21FN4O/c1-2-26(17-9-4-3-5-10-17)21(27)19-14-20(25-15-24-19)23-13-12-16-8-6-7-11-18(16)22/h3-11,14-15H,2,12-13H2,1H3,(H,23,24,25). The van der Waals surface area contributed by atoms with Gasteiger partial charge in [-0.05, 0) is 37.1 Å². The molecule has 1 heterocycles. The first-order chi connectivity index (χ1) is 13.2. The Balaban J connectivity index is 1.67. The number of para-hydroxylation sites is 1. The first-order valence-corrected chi connectivity index (χ1v) is 8.85. The molecule has 0 aliphatic heterocycles. The van der Waals surface area contributed by atoms with E-state index in [-0.39, 0.29) is 11.7 Å².